The van der Waals surface area contributed by atoms with E-state index in [1.165, 1.54) is 12.3 Å². The largest absolute Gasteiger partial charge is 0.383 e. The molecule has 12 heavy (non-hydrogen) atoms. The molecule has 0 unspecified atom stereocenters. The predicted molar refractivity (Wildman–Crippen MR) is 43.2 cm³/mol. The van der Waals surface area contributed by atoms with Gasteiger partial charge >= 0.3 is 0 Å². The Balaban J connectivity index is 3.43. The van der Waals surface area contributed by atoms with Crippen molar-refractivity contribution in [2.24, 2.45) is 0 Å². The summed E-state index contributed by atoms with van der Waals surface area (Å²) in [7, 11) is -4.24. The molecule has 1 aromatic heterocycles. The second-order valence-electron chi connectivity index (χ2n) is 2.37. The van der Waals surface area contributed by atoms with E-state index in [4.69, 9.17) is 10.3 Å². The van der Waals surface area contributed by atoms with E-state index < -0.39 is 10.1 Å². The molecule has 0 aromatic carbocycles. The number of rotatable bonds is 1. The summed E-state index contributed by atoms with van der Waals surface area (Å²) < 4.78 is 29.9. The first-order valence-corrected chi connectivity index (χ1v) is 4.55. The zero-order valence-electron chi connectivity index (χ0n) is 6.35. The van der Waals surface area contributed by atoms with E-state index in [1.807, 2.05) is 0 Å². The summed E-state index contributed by atoms with van der Waals surface area (Å²) in [4.78, 5) is 3.24. The van der Waals surface area contributed by atoms with Crippen LogP contribution < -0.4 is 5.73 Å². The van der Waals surface area contributed by atoms with Crippen molar-refractivity contribution in [1.29, 1.82) is 0 Å². The van der Waals surface area contributed by atoms with Gasteiger partial charge in [0, 0.05) is 6.20 Å². The molecule has 0 amide bonds. The molecule has 0 radical (unpaired) electrons. The molecule has 0 fully saturated rings. The maximum atomic E-state index is 10.6. The van der Waals surface area contributed by atoms with Crippen LogP contribution in [-0.4, -0.2) is 18.0 Å². The van der Waals surface area contributed by atoms with E-state index in [9.17, 15) is 8.42 Å². The van der Waals surface area contributed by atoms with Crippen LogP contribution in [0.1, 0.15) is 5.56 Å². The van der Waals surface area contributed by atoms with Gasteiger partial charge in [-0.15, -0.1) is 0 Å². The van der Waals surface area contributed by atoms with Gasteiger partial charge in [0.25, 0.3) is 10.1 Å². The Kier molecular flexibility index (Phi) is 2.03. The summed E-state index contributed by atoms with van der Waals surface area (Å²) >= 11 is 0. The smallest absolute Gasteiger partial charge is 0.298 e. The third kappa shape index (κ3) is 1.72. The van der Waals surface area contributed by atoms with Gasteiger partial charge in [0.15, 0.2) is 0 Å². The van der Waals surface area contributed by atoms with Gasteiger partial charge in [-0.25, -0.2) is 4.98 Å². The molecule has 0 aliphatic heterocycles. The number of nitrogen functional groups attached to an aromatic ring is 1. The molecule has 6 heteroatoms. The fourth-order valence-corrected chi connectivity index (χ4v) is 1.41. The highest BCUT2D eigenvalue weighted by Gasteiger charge is 2.14. The Bertz CT molecular complexity index is 399. The van der Waals surface area contributed by atoms with Crippen molar-refractivity contribution in [3.8, 4) is 0 Å². The highest BCUT2D eigenvalue weighted by molar-refractivity contribution is 7.86. The van der Waals surface area contributed by atoms with Crippen molar-refractivity contribution in [2.75, 3.05) is 5.73 Å². The molecule has 0 atom stereocenters. The lowest BCUT2D eigenvalue weighted by Gasteiger charge is -2.00. The van der Waals surface area contributed by atoms with Crippen molar-refractivity contribution in [2.45, 2.75) is 11.8 Å². The molecule has 1 heterocycles. The minimum Gasteiger partial charge on any atom is -0.383 e. The van der Waals surface area contributed by atoms with Gasteiger partial charge in [0.2, 0.25) is 0 Å². The Hall–Kier alpha value is -1.14. The Labute approximate surface area is 70.0 Å². The zero-order valence-corrected chi connectivity index (χ0v) is 7.17. The van der Waals surface area contributed by atoms with Crippen LogP contribution in [0.4, 0.5) is 5.82 Å². The Morgan fingerprint density at radius 2 is 2.17 bits per heavy atom. The number of anilines is 1. The zero-order chi connectivity index (χ0) is 9.35. The first-order chi connectivity index (χ1) is 5.41. The number of aryl methyl sites for hydroxylation is 1. The summed E-state index contributed by atoms with van der Waals surface area (Å²) in [6.07, 6.45) is 1.42. The summed E-state index contributed by atoms with van der Waals surface area (Å²) in [6.45, 7) is 1.65. The minimum absolute atomic E-state index is 0.192. The number of pyridine rings is 1. The SMILES string of the molecule is Cc1cnc(N)c(S(=O)(=O)O)c1. The first-order valence-electron chi connectivity index (χ1n) is 3.11. The van der Waals surface area contributed by atoms with Crippen molar-refractivity contribution in [3.63, 3.8) is 0 Å². The first kappa shape index (κ1) is 8.95. The van der Waals surface area contributed by atoms with E-state index in [1.54, 1.807) is 6.92 Å². The van der Waals surface area contributed by atoms with Gasteiger partial charge < -0.3 is 5.73 Å². The van der Waals surface area contributed by atoms with E-state index >= 15 is 0 Å². The Morgan fingerprint density at radius 1 is 1.58 bits per heavy atom. The third-order valence-corrected chi connectivity index (χ3v) is 2.18. The van der Waals surface area contributed by atoms with Crippen molar-refractivity contribution >= 4 is 15.9 Å². The molecule has 0 bridgehead atoms. The number of aromatic nitrogens is 1. The Morgan fingerprint density at radius 3 is 2.58 bits per heavy atom. The fourth-order valence-electron chi connectivity index (χ4n) is 0.760. The highest BCUT2D eigenvalue weighted by atomic mass is 32.2. The summed E-state index contributed by atoms with van der Waals surface area (Å²) in [5, 5.41) is 0. The second kappa shape index (κ2) is 2.72. The van der Waals surface area contributed by atoms with Crippen LogP contribution >= 0.6 is 0 Å². The summed E-state index contributed by atoms with van der Waals surface area (Å²) in [6, 6.07) is 1.26. The van der Waals surface area contributed by atoms with E-state index in [0.717, 1.165) is 0 Å². The number of nitrogens with zero attached hydrogens (tertiary/aromatic N) is 1. The number of hydrogen-bond donors (Lipinski definition) is 2. The normalized spacial score (nSPS) is 11.5. The van der Waals surface area contributed by atoms with Crippen molar-refractivity contribution < 1.29 is 13.0 Å². The van der Waals surface area contributed by atoms with Gasteiger partial charge in [0.1, 0.15) is 10.7 Å². The molecular weight excluding hydrogens is 180 g/mol. The molecule has 66 valence electrons. The third-order valence-electron chi connectivity index (χ3n) is 1.30. The number of nitrogens with two attached hydrogens (primary N) is 1. The lowest BCUT2D eigenvalue weighted by atomic mass is 10.3. The quantitative estimate of drug-likeness (QED) is 0.615. The molecular formula is C6H8N2O3S. The summed E-state index contributed by atoms with van der Waals surface area (Å²) in [5.74, 6) is -0.192. The van der Waals surface area contributed by atoms with Gasteiger partial charge in [-0.05, 0) is 18.6 Å². The van der Waals surface area contributed by atoms with Crippen molar-refractivity contribution in [3.05, 3.63) is 17.8 Å². The molecule has 0 spiro atoms. The van der Waals surface area contributed by atoms with Crippen LogP contribution in [-0.2, 0) is 10.1 Å². The monoisotopic (exact) mass is 188 g/mol. The van der Waals surface area contributed by atoms with Crippen LogP contribution in [0.25, 0.3) is 0 Å². The minimum atomic E-state index is -4.24. The van der Waals surface area contributed by atoms with E-state index in [2.05, 4.69) is 4.98 Å². The lowest BCUT2D eigenvalue weighted by Crippen LogP contribution is -2.05. The van der Waals surface area contributed by atoms with Crippen LogP contribution in [0.3, 0.4) is 0 Å². The molecule has 5 nitrogen and oxygen atoms in total. The molecule has 0 aliphatic rings. The average molecular weight is 188 g/mol. The second-order valence-corrected chi connectivity index (χ2v) is 3.76. The van der Waals surface area contributed by atoms with Crippen LogP contribution in [0.5, 0.6) is 0 Å². The molecule has 3 N–H and O–H groups in total. The lowest BCUT2D eigenvalue weighted by molar-refractivity contribution is 0.483. The fraction of sp³-hybridized carbons (Fsp3) is 0.167. The number of hydrogen-bond acceptors (Lipinski definition) is 4. The molecule has 0 saturated heterocycles. The topological polar surface area (TPSA) is 93.3 Å². The maximum absolute atomic E-state index is 10.6. The van der Waals surface area contributed by atoms with Crippen LogP contribution in [0.2, 0.25) is 0 Å². The maximum Gasteiger partial charge on any atom is 0.298 e. The van der Waals surface area contributed by atoms with Crippen molar-refractivity contribution in [1.82, 2.24) is 4.98 Å². The van der Waals surface area contributed by atoms with Gasteiger partial charge in [-0.1, -0.05) is 0 Å². The molecule has 0 aliphatic carbocycles. The van der Waals surface area contributed by atoms with Gasteiger partial charge in [-0.2, -0.15) is 8.42 Å². The highest BCUT2D eigenvalue weighted by Crippen LogP contribution is 2.15. The van der Waals surface area contributed by atoms with Crippen LogP contribution in [0.15, 0.2) is 17.2 Å². The average Bonchev–Trinajstić information content (AvgIpc) is 1.92. The molecule has 0 saturated carbocycles. The van der Waals surface area contributed by atoms with E-state index in [0.29, 0.717) is 5.56 Å². The standard InChI is InChI=1S/C6H8N2O3S/c1-4-2-5(12(9,10)11)6(7)8-3-4/h2-3H,1H3,(H2,7,8)(H,9,10,11). The van der Waals surface area contributed by atoms with Crippen LogP contribution in [0, 0.1) is 6.92 Å². The molecule has 1 aromatic rings. The van der Waals surface area contributed by atoms with E-state index in [-0.39, 0.29) is 10.7 Å². The van der Waals surface area contributed by atoms with Gasteiger partial charge in [0.05, 0.1) is 0 Å². The predicted octanol–water partition coefficient (Wildman–Crippen LogP) is 0.219. The molecule has 1 rings (SSSR count). The van der Waals surface area contributed by atoms with Gasteiger partial charge in [-0.3, -0.25) is 4.55 Å². The summed E-state index contributed by atoms with van der Waals surface area (Å²) in [5.41, 5.74) is 5.85.